The molecule has 0 aliphatic rings. The van der Waals surface area contributed by atoms with Crippen LogP contribution in [0.25, 0.3) is 0 Å². The highest BCUT2D eigenvalue weighted by Gasteiger charge is 2.18. The van der Waals surface area contributed by atoms with Crippen molar-refractivity contribution in [1.29, 1.82) is 0 Å². The van der Waals surface area contributed by atoms with Crippen LogP contribution in [0.15, 0.2) is 40.9 Å². The highest BCUT2D eigenvalue weighted by molar-refractivity contribution is 9.10. The van der Waals surface area contributed by atoms with Gasteiger partial charge in [0.05, 0.1) is 11.9 Å². The molecule has 100 valence electrons. The van der Waals surface area contributed by atoms with Crippen LogP contribution in [-0.4, -0.2) is 7.11 Å². The van der Waals surface area contributed by atoms with Gasteiger partial charge in [0.1, 0.15) is 5.75 Å². The standard InChI is InChI=1S/C14H10Br2Cl2O/c1-19-13-5-2-8(15)6-11(13)14(16)10-4-3-9(17)7-12(10)18/h2-7,14H,1H3. The zero-order valence-corrected chi connectivity index (χ0v) is 14.6. The van der Waals surface area contributed by atoms with Gasteiger partial charge in [0.25, 0.3) is 0 Å². The molecule has 2 aromatic carbocycles. The van der Waals surface area contributed by atoms with E-state index in [-0.39, 0.29) is 4.83 Å². The van der Waals surface area contributed by atoms with Crippen LogP contribution in [0.4, 0.5) is 0 Å². The maximum Gasteiger partial charge on any atom is 0.123 e. The lowest BCUT2D eigenvalue weighted by Crippen LogP contribution is -1.98. The van der Waals surface area contributed by atoms with Crippen LogP contribution in [0.1, 0.15) is 16.0 Å². The second-order valence-corrected chi connectivity index (χ2v) is 6.59. The molecule has 0 aliphatic heterocycles. The van der Waals surface area contributed by atoms with Crippen LogP contribution in [0.2, 0.25) is 10.0 Å². The normalized spacial score (nSPS) is 12.3. The molecule has 0 heterocycles. The van der Waals surface area contributed by atoms with E-state index in [1.165, 1.54) is 0 Å². The molecule has 0 aliphatic carbocycles. The van der Waals surface area contributed by atoms with Gasteiger partial charge in [-0.25, -0.2) is 0 Å². The average molecular weight is 425 g/mol. The Morgan fingerprint density at radius 2 is 1.79 bits per heavy atom. The van der Waals surface area contributed by atoms with Crippen molar-refractivity contribution in [3.63, 3.8) is 0 Å². The molecule has 2 aromatic rings. The molecule has 2 rings (SSSR count). The highest BCUT2D eigenvalue weighted by Crippen LogP contribution is 2.41. The lowest BCUT2D eigenvalue weighted by atomic mass is 10.0. The SMILES string of the molecule is COc1ccc(Br)cc1C(Br)c1ccc(Cl)cc1Cl. The zero-order valence-electron chi connectivity index (χ0n) is 9.96. The van der Waals surface area contributed by atoms with Crippen LogP contribution in [0, 0.1) is 0 Å². The second-order valence-electron chi connectivity index (χ2n) is 3.91. The molecule has 0 aromatic heterocycles. The Balaban J connectivity index is 2.49. The van der Waals surface area contributed by atoms with Crippen molar-refractivity contribution in [2.75, 3.05) is 7.11 Å². The molecule has 0 saturated heterocycles. The Morgan fingerprint density at radius 3 is 2.42 bits per heavy atom. The Bertz CT molecular complexity index is 602. The van der Waals surface area contributed by atoms with Gasteiger partial charge in [-0.15, -0.1) is 0 Å². The van der Waals surface area contributed by atoms with Crippen molar-refractivity contribution in [1.82, 2.24) is 0 Å². The second kappa shape index (κ2) is 6.49. The minimum absolute atomic E-state index is 0.0651. The molecular formula is C14H10Br2Cl2O. The van der Waals surface area contributed by atoms with Crippen molar-refractivity contribution in [3.05, 3.63) is 62.0 Å². The molecule has 19 heavy (non-hydrogen) atoms. The molecule has 0 saturated carbocycles. The Hall–Kier alpha value is -0.220. The predicted octanol–water partition coefficient (Wildman–Crippen LogP) is 6.25. The molecule has 0 radical (unpaired) electrons. The molecule has 0 N–H and O–H groups in total. The molecule has 0 bridgehead atoms. The first-order valence-electron chi connectivity index (χ1n) is 5.45. The van der Waals surface area contributed by atoms with Gasteiger partial charge in [-0.3, -0.25) is 0 Å². The summed E-state index contributed by atoms with van der Waals surface area (Å²) in [6, 6.07) is 11.3. The first-order valence-corrected chi connectivity index (χ1v) is 7.92. The summed E-state index contributed by atoms with van der Waals surface area (Å²) in [5, 5.41) is 1.24. The van der Waals surface area contributed by atoms with Crippen molar-refractivity contribution in [2.24, 2.45) is 0 Å². The Kier molecular flexibility index (Phi) is 5.18. The van der Waals surface area contributed by atoms with E-state index < -0.39 is 0 Å². The van der Waals surface area contributed by atoms with Crippen LogP contribution < -0.4 is 4.74 Å². The van der Waals surface area contributed by atoms with Crippen LogP contribution >= 0.6 is 55.1 Å². The van der Waals surface area contributed by atoms with Crippen LogP contribution in [-0.2, 0) is 0 Å². The topological polar surface area (TPSA) is 9.23 Å². The fraction of sp³-hybridized carbons (Fsp3) is 0.143. The third-order valence-electron chi connectivity index (χ3n) is 2.70. The lowest BCUT2D eigenvalue weighted by Gasteiger charge is -2.16. The summed E-state index contributed by atoms with van der Waals surface area (Å²) in [7, 11) is 1.65. The zero-order chi connectivity index (χ0) is 14.0. The Labute approximate surface area is 139 Å². The molecule has 0 fully saturated rings. The monoisotopic (exact) mass is 422 g/mol. The lowest BCUT2D eigenvalue weighted by molar-refractivity contribution is 0.410. The third-order valence-corrected chi connectivity index (χ3v) is 4.74. The fourth-order valence-electron chi connectivity index (χ4n) is 1.78. The molecule has 1 atom stereocenters. The maximum atomic E-state index is 6.24. The number of ether oxygens (including phenoxy) is 1. The number of rotatable bonds is 3. The fourth-order valence-corrected chi connectivity index (χ4v) is 3.56. The van der Waals surface area contributed by atoms with E-state index in [9.17, 15) is 0 Å². The van der Waals surface area contributed by atoms with Crippen molar-refractivity contribution in [3.8, 4) is 5.75 Å². The summed E-state index contributed by atoms with van der Waals surface area (Å²) in [6.07, 6.45) is 0. The summed E-state index contributed by atoms with van der Waals surface area (Å²) in [5.74, 6) is 0.802. The molecular weight excluding hydrogens is 415 g/mol. The largest absolute Gasteiger partial charge is 0.496 e. The van der Waals surface area contributed by atoms with E-state index >= 15 is 0 Å². The third kappa shape index (κ3) is 3.46. The van der Waals surface area contributed by atoms with E-state index in [1.807, 2.05) is 30.3 Å². The highest BCUT2D eigenvalue weighted by atomic mass is 79.9. The average Bonchev–Trinajstić information content (AvgIpc) is 2.38. The van der Waals surface area contributed by atoms with Gasteiger partial charge in [0.2, 0.25) is 0 Å². The van der Waals surface area contributed by atoms with Crippen molar-refractivity contribution >= 4 is 55.1 Å². The van der Waals surface area contributed by atoms with Gasteiger partial charge in [-0.1, -0.05) is 61.1 Å². The van der Waals surface area contributed by atoms with Gasteiger partial charge < -0.3 is 4.74 Å². The van der Waals surface area contributed by atoms with E-state index in [4.69, 9.17) is 27.9 Å². The van der Waals surface area contributed by atoms with Gasteiger partial charge in [-0.2, -0.15) is 0 Å². The summed E-state index contributed by atoms with van der Waals surface area (Å²) in [6.45, 7) is 0. The summed E-state index contributed by atoms with van der Waals surface area (Å²) < 4.78 is 6.37. The predicted molar refractivity (Wildman–Crippen MR) is 87.9 cm³/mol. The van der Waals surface area contributed by atoms with E-state index in [0.29, 0.717) is 10.0 Å². The molecule has 5 heteroatoms. The molecule has 1 nitrogen and oxygen atoms in total. The Morgan fingerprint density at radius 1 is 1.05 bits per heavy atom. The summed E-state index contributed by atoms with van der Waals surface area (Å²) >= 11 is 19.3. The van der Waals surface area contributed by atoms with E-state index in [1.54, 1.807) is 13.2 Å². The summed E-state index contributed by atoms with van der Waals surface area (Å²) in [5.41, 5.74) is 1.95. The minimum atomic E-state index is -0.0651. The van der Waals surface area contributed by atoms with Crippen molar-refractivity contribution < 1.29 is 4.74 Å². The van der Waals surface area contributed by atoms with Gasteiger partial charge in [0.15, 0.2) is 0 Å². The number of hydrogen-bond donors (Lipinski definition) is 0. The number of hydrogen-bond acceptors (Lipinski definition) is 1. The molecule has 1 unspecified atom stereocenters. The molecule has 0 amide bonds. The van der Waals surface area contributed by atoms with Gasteiger partial charge in [-0.05, 0) is 35.9 Å². The summed E-state index contributed by atoms with van der Waals surface area (Å²) in [4.78, 5) is -0.0651. The molecule has 0 spiro atoms. The number of methoxy groups -OCH3 is 1. The smallest absolute Gasteiger partial charge is 0.123 e. The van der Waals surface area contributed by atoms with Crippen LogP contribution in [0.3, 0.4) is 0 Å². The number of alkyl halides is 1. The van der Waals surface area contributed by atoms with Gasteiger partial charge in [0, 0.05) is 20.1 Å². The first-order chi connectivity index (χ1) is 9.02. The number of halogens is 4. The minimum Gasteiger partial charge on any atom is -0.496 e. The number of benzene rings is 2. The maximum absolute atomic E-state index is 6.24. The van der Waals surface area contributed by atoms with E-state index in [0.717, 1.165) is 21.3 Å². The van der Waals surface area contributed by atoms with Gasteiger partial charge >= 0.3 is 0 Å². The van der Waals surface area contributed by atoms with Crippen LogP contribution in [0.5, 0.6) is 5.75 Å². The van der Waals surface area contributed by atoms with Crippen molar-refractivity contribution in [2.45, 2.75) is 4.83 Å². The quantitative estimate of drug-likeness (QED) is 0.529. The first kappa shape index (κ1) is 15.2. The van der Waals surface area contributed by atoms with E-state index in [2.05, 4.69) is 31.9 Å².